The summed E-state index contributed by atoms with van der Waals surface area (Å²) in [5.41, 5.74) is 3.82. The van der Waals surface area contributed by atoms with Crippen LogP contribution in [0.3, 0.4) is 0 Å². The molecule has 0 aliphatic rings. The number of methoxy groups -OCH3 is 1. The Morgan fingerprint density at radius 3 is 2.65 bits per heavy atom. The Hall–Kier alpha value is -1.11. The van der Waals surface area contributed by atoms with Gasteiger partial charge >= 0.3 is 0 Å². The van der Waals surface area contributed by atoms with Crippen LogP contribution in [0.2, 0.25) is 0 Å². The Labute approximate surface area is 121 Å². The lowest BCUT2D eigenvalue weighted by Crippen LogP contribution is -2.37. The zero-order valence-corrected chi connectivity index (χ0v) is 12.9. The molecule has 1 aromatic carbocycles. The number of nitrogens with one attached hydrogen (secondary N) is 1. The van der Waals surface area contributed by atoms with E-state index < -0.39 is 9.84 Å². The number of sulfone groups is 1. The predicted octanol–water partition coefficient (Wildman–Crippen LogP) is 1.28. The van der Waals surface area contributed by atoms with Crippen LogP contribution in [0.4, 0.5) is 0 Å². The van der Waals surface area contributed by atoms with Crippen molar-refractivity contribution in [2.24, 2.45) is 5.84 Å². The molecule has 20 heavy (non-hydrogen) atoms. The molecule has 0 aliphatic carbocycles. The molecule has 0 bridgehead atoms. The van der Waals surface area contributed by atoms with E-state index in [4.69, 9.17) is 10.6 Å². The molecule has 0 aromatic heterocycles. The third-order valence-electron chi connectivity index (χ3n) is 3.34. The van der Waals surface area contributed by atoms with Crippen LogP contribution >= 0.6 is 0 Å². The topological polar surface area (TPSA) is 81.4 Å². The maximum Gasteiger partial charge on any atom is 0.150 e. The largest absolute Gasteiger partial charge is 0.496 e. The number of benzene rings is 1. The third kappa shape index (κ3) is 5.48. The lowest BCUT2D eigenvalue weighted by Gasteiger charge is -2.17. The maximum absolute atomic E-state index is 11.5. The van der Waals surface area contributed by atoms with Gasteiger partial charge in [-0.05, 0) is 30.9 Å². The van der Waals surface area contributed by atoms with Gasteiger partial charge < -0.3 is 4.74 Å². The molecular weight excluding hydrogens is 276 g/mol. The fraction of sp³-hybridized carbons (Fsp3) is 0.571. The Kier molecular flexibility index (Phi) is 6.98. The maximum atomic E-state index is 11.5. The lowest BCUT2D eigenvalue weighted by atomic mass is 10.0. The summed E-state index contributed by atoms with van der Waals surface area (Å²) in [5, 5.41) is 0. The molecule has 0 heterocycles. The van der Waals surface area contributed by atoms with Gasteiger partial charge in [0.2, 0.25) is 0 Å². The molecule has 0 spiro atoms. The molecule has 5 nitrogen and oxygen atoms in total. The Balaban J connectivity index is 2.55. The summed E-state index contributed by atoms with van der Waals surface area (Å²) in [6.45, 7) is 1.67. The van der Waals surface area contributed by atoms with Crippen LogP contribution in [0.15, 0.2) is 24.3 Å². The molecule has 0 aliphatic heterocycles. The van der Waals surface area contributed by atoms with E-state index in [1.54, 1.807) is 14.0 Å². The van der Waals surface area contributed by atoms with Crippen molar-refractivity contribution in [1.82, 2.24) is 5.43 Å². The molecule has 3 N–H and O–H groups in total. The van der Waals surface area contributed by atoms with Gasteiger partial charge in [-0.25, -0.2) is 8.42 Å². The van der Waals surface area contributed by atoms with Gasteiger partial charge in [-0.1, -0.05) is 25.1 Å². The number of hydrogen-bond donors (Lipinski definition) is 2. The number of para-hydroxylation sites is 1. The van der Waals surface area contributed by atoms with Crippen LogP contribution in [0, 0.1) is 0 Å². The molecule has 0 amide bonds. The fourth-order valence-electron chi connectivity index (χ4n) is 2.08. The van der Waals surface area contributed by atoms with Gasteiger partial charge in [0.1, 0.15) is 15.6 Å². The van der Waals surface area contributed by atoms with Crippen LogP contribution in [-0.4, -0.2) is 33.1 Å². The van der Waals surface area contributed by atoms with Gasteiger partial charge in [-0.3, -0.25) is 11.3 Å². The zero-order valence-electron chi connectivity index (χ0n) is 12.1. The van der Waals surface area contributed by atoms with E-state index in [1.165, 1.54) is 0 Å². The van der Waals surface area contributed by atoms with E-state index in [9.17, 15) is 8.42 Å². The highest BCUT2D eigenvalue weighted by molar-refractivity contribution is 7.91. The van der Waals surface area contributed by atoms with Gasteiger partial charge in [-0.15, -0.1) is 0 Å². The average molecular weight is 300 g/mol. The molecule has 0 saturated carbocycles. The van der Waals surface area contributed by atoms with Gasteiger partial charge in [0.25, 0.3) is 0 Å². The molecule has 114 valence electrons. The minimum atomic E-state index is -2.90. The van der Waals surface area contributed by atoms with E-state index >= 15 is 0 Å². The third-order valence-corrected chi connectivity index (χ3v) is 5.13. The first-order valence-electron chi connectivity index (χ1n) is 6.80. The van der Waals surface area contributed by atoms with Crippen molar-refractivity contribution >= 4 is 9.84 Å². The summed E-state index contributed by atoms with van der Waals surface area (Å²) in [7, 11) is -1.27. The van der Waals surface area contributed by atoms with Gasteiger partial charge in [0, 0.05) is 11.8 Å². The number of hydrogen-bond acceptors (Lipinski definition) is 5. The van der Waals surface area contributed by atoms with Gasteiger partial charge in [0.15, 0.2) is 0 Å². The van der Waals surface area contributed by atoms with Crippen LogP contribution in [0.5, 0.6) is 5.75 Å². The molecule has 1 aromatic rings. The second kappa shape index (κ2) is 8.24. The van der Waals surface area contributed by atoms with Crippen LogP contribution in [0.1, 0.15) is 25.3 Å². The van der Waals surface area contributed by atoms with Crippen molar-refractivity contribution in [3.05, 3.63) is 29.8 Å². The Bertz CT molecular complexity index is 503. The summed E-state index contributed by atoms with van der Waals surface area (Å²) in [6, 6.07) is 7.81. The highest BCUT2D eigenvalue weighted by atomic mass is 32.2. The minimum Gasteiger partial charge on any atom is -0.496 e. The Morgan fingerprint density at radius 1 is 1.35 bits per heavy atom. The number of nitrogens with two attached hydrogens (primary N) is 1. The van der Waals surface area contributed by atoms with Crippen molar-refractivity contribution in [2.75, 3.05) is 18.6 Å². The van der Waals surface area contributed by atoms with E-state index in [0.29, 0.717) is 19.3 Å². The predicted molar refractivity (Wildman–Crippen MR) is 81.4 cm³/mol. The summed E-state index contributed by atoms with van der Waals surface area (Å²) >= 11 is 0. The normalized spacial score (nSPS) is 13.2. The summed E-state index contributed by atoms with van der Waals surface area (Å²) in [5.74, 6) is 6.79. The molecule has 0 saturated heterocycles. The summed E-state index contributed by atoms with van der Waals surface area (Å²) in [6.07, 6.45) is 2.04. The SMILES string of the molecule is CCS(=O)(=O)CCCC(Cc1ccccc1OC)NN. The first kappa shape index (κ1) is 16.9. The summed E-state index contributed by atoms with van der Waals surface area (Å²) in [4.78, 5) is 0. The standard InChI is InChI=1S/C14H24N2O3S/c1-3-20(17,18)10-6-8-13(16-15)11-12-7-4-5-9-14(12)19-2/h4-5,7,9,13,16H,3,6,8,10-11,15H2,1-2H3. The second-order valence-corrected chi connectivity index (χ2v) is 7.23. The molecule has 0 radical (unpaired) electrons. The monoisotopic (exact) mass is 300 g/mol. The van der Waals surface area contributed by atoms with Crippen LogP contribution in [0.25, 0.3) is 0 Å². The van der Waals surface area contributed by atoms with Crippen LogP contribution in [-0.2, 0) is 16.3 Å². The minimum absolute atomic E-state index is 0.0401. The molecule has 1 atom stereocenters. The van der Waals surface area contributed by atoms with Crippen LogP contribution < -0.4 is 16.0 Å². The quantitative estimate of drug-likeness (QED) is 0.530. The second-order valence-electron chi connectivity index (χ2n) is 4.76. The van der Waals surface area contributed by atoms with Crippen molar-refractivity contribution in [3.8, 4) is 5.75 Å². The fourth-order valence-corrected chi connectivity index (χ4v) is 2.97. The Morgan fingerprint density at radius 2 is 2.05 bits per heavy atom. The highest BCUT2D eigenvalue weighted by Gasteiger charge is 2.13. The number of rotatable bonds is 9. The molecule has 1 unspecified atom stereocenters. The highest BCUT2D eigenvalue weighted by Crippen LogP contribution is 2.20. The first-order chi connectivity index (χ1) is 9.52. The zero-order chi connectivity index (χ0) is 15.0. The van der Waals surface area contributed by atoms with Gasteiger partial charge in [0.05, 0.1) is 12.9 Å². The van der Waals surface area contributed by atoms with Crippen molar-refractivity contribution < 1.29 is 13.2 Å². The van der Waals surface area contributed by atoms with E-state index in [2.05, 4.69) is 5.43 Å². The lowest BCUT2D eigenvalue weighted by molar-refractivity contribution is 0.402. The van der Waals surface area contributed by atoms with Gasteiger partial charge in [-0.2, -0.15) is 0 Å². The van der Waals surface area contributed by atoms with E-state index in [-0.39, 0.29) is 17.5 Å². The first-order valence-corrected chi connectivity index (χ1v) is 8.63. The van der Waals surface area contributed by atoms with Crippen molar-refractivity contribution in [2.45, 2.75) is 32.2 Å². The van der Waals surface area contributed by atoms with E-state index in [1.807, 2.05) is 24.3 Å². The molecular formula is C14H24N2O3S. The molecule has 1 rings (SSSR count). The van der Waals surface area contributed by atoms with E-state index in [0.717, 1.165) is 11.3 Å². The number of hydrazine groups is 1. The smallest absolute Gasteiger partial charge is 0.150 e. The molecule has 6 heteroatoms. The average Bonchev–Trinajstić information content (AvgIpc) is 2.46. The van der Waals surface area contributed by atoms with Crippen molar-refractivity contribution in [1.29, 1.82) is 0 Å². The summed E-state index contributed by atoms with van der Waals surface area (Å²) < 4.78 is 28.2. The van der Waals surface area contributed by atoms with Crippen molar-refractivity contribution in [3.63, 3.8) is 0 Å². The number of ether oxygens (including phenoxy) is 1. The molecule has 0 fully saturated rings.